The number of piperidine rings is 1. The molecule has 6 heteroatoms. The monoisotopic (exact) mass is 334 g/mol. The maximum absolute atomic E-state index is 11.2. The minimum atomic E-state index is -0.200. The Balaban J connectivity index is 1.81. The van der Waals surface area contributed by atoms with Crippen LogP contribution in [0, 0.1) is 5.92 Å². The minimum absolute atomic E-state index is 0.0114. The maximum Gasteiger partial charge on any atom is 0.225 e. The van der Waals surface area contributed by atoms with Gasteiger partial charge >= 0.3 is 0 Å². The predicted molar refractivity (Wildman–Crippen MR) is 81.4 cm³/mol. The van der Waals surface area contributed by atoms with Gasteiger partial charge in [0.25, 0.3) is 0 Å². The molecule has 2 N–H and O–H groups in total. The van der Waals surface area contributed by atoms with Crippen LogP contribution in [0.5, 0.6) is 0 Å². The van der Waals surface area contributed by atoms with Gasteiger partial charge < -0.3 is 10.6 Å². The van der Waals surface area contributed by atoms with E-state index < -0.39 is 0 Å². The number of anilines is 1. The number of benzene rings is 1. The standard InChI is InChI=1S/C14H15BrN4O/c15-11-1-2-12-10(7-11)8-17-14(18-12)19-5-3-9(4-6-19)13(16)20/h1-2,7-9H,3-6H2,(H2,16,20). The van der Waals surface area contributed by atoms with Crippen LogP contribution < -0.4 is 10.6 Å². The average Bonchev–Trinajstić information content (AvgIpc) is 2.47. The summed E-state index contributed by atoms with van der Waals surface area (Å²) in [4.78, 5) is 22.3. The lowest BCUT2D eigenvalue weighted by atomic mass is 9.96. The molecule has 5 nitrogen and oxygen atoms in total. The number of hydrogen-bond donors (Lipinski definition) is 1. The van der Waals surface area contributed by atoms with E-state index in [0.717, 1.165) is 47.3 Å². The van der Waals surface area contributed by atoms with Crippen molar-refractivity contribution in [2.75, 3.05) is 18.0 Å². The average molecular weight is 335 g/mol. The van der Waals surface area contributed by atoms with Gasteiger partial charge in [-0.1, -0.05) is 15.9 Å². The molecule has 2 heterocycles. The van der Waals surface area contributed by atoms with Crippen molar-refractivity contribution in [3.05, 3.63) is 28.9 Å². The van der Waals surface area contributed by atoms with Crippen molar-refractivity contribution in [3.63, 3.8) is 0 Å². The Morgan fingerprint density at radius 2 is 2.10 bits per heavy atom. The van der Waals surface area contributed by atoms with Crippen molar-refractivity contribution in [2.24, 2.45) is 11.7 Å². The second-order valence-corrected chi connectivity index (χ2v) is 5.95. The molecule has 1 fully saturated rings. The zero-order valence-corrected chi connectivity index (χ0v) is 12.5. The maximum atomic E-state index is 11.2. The molecule has 104 valence electrons. The molecule has 0 atom stereocenters. The third kappa shape index (κ3) is 2.60. The molecule has 0 aliphatic carbocycles. The van der Waals surface area contributed by atoms with Gasteiger partial charge in [-0.3, -0.25) is 4.79 Å². The molecule has 0 spiro atoms. The van der Waals surface area contributed by atoms with Gasteiger partial charge in [0.2, 0.25) is 11.9 Å². The lowest BCUT2D eigenvalue weighted by molar-refractivity contribution is -0.122. The Labute approximate surface area is 125 Å². The smallest absolute Gasteiger partial charge is 0.225 e. The summed E-state index contributed by atoms with van der Waals surface area (Å²) in [7, 11) is 0. The number of nitrogens with two attached hydrogens (primary N) is 1. The lowest BCUT2D eigenvalue weighted by Gasteiger charge is -2.30. The fourth-order valence-corrected chi connectivity index (χ4v) is 2.89. The van der Waals surface area contributed by atoms with E-state index in [1.807, 2.05) is 24.4 Å². The van der Waals surface area contributed by atoms with Gasteiger partial charge in [-0.25, -0.2) is 9.97 Å². The molecule has 0 saturated carbocycles. The zero-order valence-electron chi connectivity index (χ0n) is 10.9. The van der Waals surface area contributed by atoms with Crippen molar-refractivity contribution >= 4 is 38.7 Å². The number of fused-ring (bicyclic) bond motifs is 1. The van der Waals surface area contributed by atoms with Crippen molar-refractivity contribution in [3.8, 4) is 0 Å². The van der Waals surface area contributed by atoms with E-state index in [-0.39, 0.29) is 11.8 Å². The number of rotatable bonds is 2. The Morgan fingerprint density at radius 1 is 1.35 bits per heavy atom. The summed E-state index contributed by atoms with van der Waals surface area (Å²) in [5, 5.41) is 1.01. The summed E-state index contributed by atoms with van der Waals surface area (Å²) in [6, 6.07) is 5.94. The molecule has 20 heavy (non-hydrogen) atoms. The highest BCUT2D eigenvalue weighted by Crippen LogP contribution is 2.23. The van der Waals surface area contributed by atoms with Gasteiger partial charge in [0.15, 0.2) is 0 Å². The molecule has 1 aliphatic heterocycles. The first-order chi connectivity index (χ1) is 9.63. The van der Waals surface area contributed by atoms with Gasteiger partial charge in [-0.05, 0) is 31.0 Å². The van der Waals surface area contributed by atoms with Gasteiger partial charge in [0.1, 0.15) is 0 Å². The fourth-order valence-electron chi connectivity index (χ4n) is 2.51. The molecule has 0 bridgehead atoms. The van der Waals surface area contributed by atoms with Crippen LogP contribution in [0.1, 0.15) is 12.8 Å². The first-order valence-corrected chi connectivity index (χ1v) is 7.39. The molecular formula is C14H15BrN4O. The molecule has 2 aromatic rings. The second kappa shape index (κ2) is 5.36. The lowest BCUT2D eigenvalue weighted by Crippen LogP contribution is -2.39. The minimum Gasteiger partial charge on any atom is -0.369 e. The van der Waals surface area contributed by atoms with Crippen molar-refractivity contribution in [1.82, 2.24) is 9.97 Å². The normalized spacial score (nSPS) is 16.6. The van der Waals surface area contributed by atoms with E-state index in [9.17, 15) is 4.79 Å². The number of carbonyl (C=O) groups is 1. The molecule has 1 amide bonds. The number of amides is 1. The molecule has 3 rings (SSSR count). The number of nitrogens with zero attached hydrogens (tertiary/aromatic N) is 3. The van der Waals surface area contributed by atoms with Crippen molar-refractivity contribution in [2.45, 2.75) is 12.8 Å². The van der Waals surface area contributed by atoms with Crippen LogP contribution in [0.25, 0.3) is 10.9 Å². The molecule has 1 aromatic heterocycles. The number of hydrogen-bond acceptors (Lipinski definition) is 4. The van der Waals surface area contributed by atoms with Crippen LogP contribution in [0.3, 0.4) is 0 Å². The van der Waals surface area contributed by atoms with E-state index in [4.69, 9.17) is 5.73 Å². The van der Waals surface area contributed by atoms with E-state index in [1.165, 1.54) is 0 Å². The van der Waals surface area contributed by atoms with E-state index in [2.05, 4.69) is 30.8 Å². The van der Waals surface area contributed by atoms with E-state index >= 15 is 0 Å². The Hall–Kier alpha value is -1.69. The Morgan fingerprint density at radius 3 is 2.80 bits per heavy atom. The largest absolute Gasteiger partial charge is 0.369 e. The number of halogens is 1. The van der Waals surface area contributed by atoms with Crippen LogP contribution in [-0.2, 0) is 4.79 Å². The third-order valence-corrected chi connectivity index (χ3v) is 4.20. The quantitative estimate of drug-likeness (QED) is 0.912. The summed E-state index contributed by atoms with van der Waals surface area (Å²) in [5.74, 6) is 0.513. The molecule has 1 aliphatic rings. The first kappa shape index (κ1) is 13.3. The van der Waals surface area contributed by atoms with Gasteiger partial charge in [-0.15, -0.1) is 0 Å². The van der Waals surface area contributed by atoms with Crippen LogP contribution in [0.15, 0.2) is 28.9 Å². The summed E-state index contributed by atoms with van der Waals surface area (Å²) < 4.78 is 1.02. The van der Waals surface area contributed by atoms with Crippen LogP contribution in [0.2, 0.25) is 0 Å². The fraction of sp³-hybridized carbons (Fsp3) is 0.357. The predicted octanol–water partition coefficient (Wildman–Crippen LogP) is 2.09. The summed E-state index contributed by atoms with van der Waals surface area (Å²) >= 11 is 3.44. The summed E-state index contributed by atoms with van der Waals surface area (Å²) in [5.41, 5.74) is 6.27. The Bertz CT molecular complexity index is 653. The number of aromatic nitrogens is 2. The van der Waals surface area contributed by atoms with Gasteiger partial charge in [-0.2, -0.15) is 0 Å². The van der Waals surface area contributed by atoms with Crippen molar-refractivity contribution < 1.29 is 4.79 Å². The van der Waals surface area contributed by atoms with Crippen LogP contribution in [0.4, 0.5) is 5.95 Å². The highest BCUT2D eigenvalue weighted by Gasteiger charge is 2.24. The highest BCUT2D eigenvalue weighted by atomic mass is 79.9. The number of primary amides is 1. The number of carbonyl (C=O) groups excluding carboxylic acids is 1. The third-order valence-electron chi connectivity index (χ3n) is 3.71. The topological polar surface area (TPSA) is 72.1 Å². The second-order valence-electron chi connectivity index (χ2n) is 5.04. The summed E-state index contributed by atoms with van der Waals surface area (Å²) in [6.07, 6.45) is 3.39. The molecule has 1 saturated heterocycles. The summed E-state index contributed by atoms with van der Waals surface area (Å²) in [6.45, 7) is 1.55. The molecule has 1 aromatic carbocycles. The zero-order chi connectivity index (χ0) is 14.1. The van der Waals surface area contributed by atoms with E-state index in [1.54, 1.807) is 0 Å². The highest BCUT2D eigenvalue weighted by molar-refractivity contribution is 9.10. The first-order valence-electron chi connectivity index (χ1n) is 6.60. The SMILES string of the molecule is NC(=O)C1CCN(c2ncc3cc(Br)ccc3n2)CC1. The van der Waals surface area contributed by atoms with Gasteiger partial charge in [0, 0.05) is 35.1 Å². The Kier molecular flexibility index (Phi) is 3.56. The van der Waals surface area contributed by atoms with Gasteiger partial charge in [0.05, 0.1) is 5.52 Å². The van der Waals surface area contributed by atoms with Crippen LogP contribution in [-0.4, -0.2) is 29.0 Å². The van der Waals surface area contributed by atoms with Crippen molar-refractivity contribution in [1.29, 1.82) is 0 Å². The van der Waals surface area contributed by atoms with Crippen LogP contribution >= 0.6 is 15.9 Å². The van der Waals surface area contributed by atoms with E-state index in [0.29, 0.717) is 0 Å². The molecule has 0 radical (unpaired) electrons. The molecular weight excluding hydrogens is 320 g/mol. The molecule has 0 unspecified atom stereocenters.